The van der Waals surface area contributed by atoms with Crippen molar-refractivity contribution in [1.29, 1.82) is 0 Å². The number of hydrogen-bond acceptors (Lipinski definition) is 15. The van der Waals surface area contributed by atoms with Crippen molar-refractivity contribution in [1.82, 2.24) is 5.32 Å². The van der Waals surface area contributed by atoms with Crippen LogP contribution in [0.2, 0.25) is 19.6 Å². The van der Waals surface area contributed by atoms with Crippen LogP contribution in [-0.2, 0) is 47.6 Å². The number of carbonyl (C=O) groups is 6. The van der Waals surface area contributed by atoms with Gasteiger partial charge < -0.3 is 49.1 Å². The van der Waals surface area contributed by atoms with Gasteiger partial charge in [0.2, 0.25) is 5.78 Å². The van der Waals surface area contributed by atoms with Gasteiger partial charge in [0, 0.05) is 38.0 Å². The molecule has 2 bridgehead atoms. The third-order valence-electron chi connectivity index (χ3n) is 12.5. The molecule has 9 unspecified atom stereocenters. The largest absolute Gasteiger partial charge is 0.460 e. The number of hydrogen-bond donors (Lipinski definition) is 4. The Kier molecular flexibility index (Phi) is 13.1. The fourth-order valence-electron chi connectivity index (χ4n) is 9.42. The highest BCUT2D eigenvalue weighted by molar-refractivity contribution is 6.76. The molecule has 1 amide bonds. The summed E-state index contributed by atoms with van der Waals surface area (Å²) >= 11 is 0. The number of amides is 1. The third-order valence-corrected chi connectivity index (χ3v) is 13.5. The average Bonchev–Trinajstić information content (AvgIpc) is 3.14. The van der Waals surface area contributed by atoms with E-state index in [9.17, 15) is 39.3 Å². The van der Waals surface area contributed by atoms with Crippen LogP contribution in [0.5, 0.6) is 0 Å². The fraction of sp³-hybridized carbons (Fsp3) is 0.628. The van der Waals surface area contributed by atoms with Gasteiger partial charge in [0.1, 0.15) is 23.9 Å². The Hall–Kier alpha value is -4.42. The number of fused-ring (bicyclic) bond motifs is 5. The molecule has 3 fully saturated rings. The number of ether oxygens (including phenoxy) is 6. The van der Waals surface area contributed by atoms with Crippen LogP contribution in [0.1, 0.15) is 78.6 Å². The van der Waals surface area contributed by atoms with Gasteiger partial charge in [0.05, 0.1) is 50.0 Å². The topological polar surface area (TPSA) is 231 Å². The van der Waals surface area contributed by atoms with Gasteiger partial charge >= 0.3 is 30.0 Å². The Morgan fingerprint density at radius 3 is 2.17 bits per heavy atom. The van der Waals surface area contributed by atoms with Gasteiger partial charge in [0.25, 0.3) is 0 Å². The maximum atomic E-state index is 15.4. The minimum absolute atomic E-state index is 0.00112. The minimum atomic E-state index is -2.38. The van der Waals surface area contributed by atoms with Crippen molar-refractivity contribution in [3.8, 4) is 0 Å². The van der Waals surface area contributed by atoms with Crippen LogP contribution >= 0.6 is 0 Å². The Bertz CT molecular complexity index is 1950. The number of aliphatic hydroxyl groups is 3. The first-order valence-corrected chi connectivity index (χ1v) is 23.8. The molecule has 1 saturated heterocycles. The van der Waals surface area contributed by atoms with Crippen molar-refractivity contribution in [2.75, 3.05) is 12.8 Å². The zero-order chi connectivity index (χ0) is 44.9. The van der Waals surface area contributed by atoms with Gasteiger partial charge in [-0.3, -0.25) is 14.4 Å². The molecule has 60 heavy (non-hydrogen) atoms. The fourth-order valence-corrected chi connectivity index (χ4v) is 9.98. The van der Waals surface area contributed by atoms with Crippen LogP contribution in [-0.4, -0.2) is 120 Å². The van der Waals surface area contributed by atoms with Crippen LogP contribution in [0.15, 0.2) is 53.3 Å². The number of Topliss-reactive ketones (excluding diaryl/α,β-unsaturated/α-hetero) is 1. The van der Waals surface area contributed by atoms with E-state index in [1.807, 2.05) is 19.6 Å². The van der Waals surface area contributed by atoms with Crippen LogP contribution in [0.4, 0.5) is 4.79 Å². The molecular weight excluding hydrogens is 799 g/mol. The molecule has 1 aromatic carbocycles. The Morgan fingerprint density at radius 2 is 1.63 bits per heavy atom. The van der Waals surface area contributed by atoms with Gasteiger partial charge in [-0.1, -0.05) is 70.3 Å². The van der Waals surface area contributed by atoms with Crippen LogP contribution in [0, 0.1) is 22.7 Å². The summed E-state index contributed by atoms with van der Waals surface area (Å²) in [7, 11) is -1.83. The van der Waals surface area contributed by atoms with Crippen molar-refractivity contribution in [3.05, 3.63) is 58.9 Å². The summed E-state index contributed by atoms with van der Waals surface area (Å²) in [5.41, 5.74) is -7.16. The lowest BCUT2D eigenvalue weighted by molar-refractivity contribution is -0.345. The summed E-state index contributed by atoms with van der Waals surface area (Å²) in [5.74, 6) is -7.89. The second-order valence-electron chi connectivity index (χ2n) is 18.7. The van der Waals surface area contributed by atoms with E-state index in [1.54, 1.807) is 52.8 Å². The molecule has 3 aliphatic carbocycles. The van der Waals surface area contributed by atoms with E-state index in [4.69, 9.17) is 28.4 Å². The van der Waals surface area contributed by atoms with Crippen molar-refractivity contribution in [2.45, 2.75) is 136 Å². The van der Waals surface area contributed by atoms with E-state index >= 15 is 4.79 Å². The SMILES string of the molecule is CC(=O)OC1=C2C(C)C(OC(=O)C(O)C(C=C(C)C)NC(=O)OC[Si](C)(C)C)CC(O)(C(OC(=O)c3ccccc3)C3[C@]4(OC(C)=O)COC4CC(O)[C@@]3(C)C1=O)C2(C)C. The number of benzene rings is 1. The first-order valence-electron chi connectivity index (χ1n) is 20.1. The second-order valence-corrected chi connectivity index (χ2v) is 24.1. The maximum absolute atomic E-state index is 15.4. The number of ketones is 1. The van der Waals surface area contributed by atoms with E-state index in [1.165, 1.54) is 25.1 Å². The van der Waals surface area contributed by atoms with Crippen LogP contribution in [0.25, 0.3) is 0 Å². The average molecular weight is 858 g/mol. The normalized spacial score (nSPS) is 32.8. The number of esters is 4. The molecular formula is C43H59NO15Si. The standard InChI is InChI=1S/C43H59NO15Si/c1-22(2)17-27(44-39(52)55-21-60(9,10)11)32(48)38(51)57-28-19-43(53)36(58-37(50)26-15-13-12-14-16-26)34-41(8,29(47)18-30-42(34,20-54-30)59-25(5)46)35(49)33(56-24(4)45)31(23(28)3)40(43,6)7/h12-17,23,27-30,32,34,36,47-48,53H,18-21H2,1-11H3,(H,44,52)/t23?,27?,28?,29?,30?,32?,34?,36?,41-,42+,43?/m1/s1. The molecule has 16 nitrogen and oxygen atoms in total. The highest BCUT2D eigenvalue weighted by Crippen LogP contribution is 2.65. The molecule has 1 heterocycles. The number of aliphatic hydroxyl groups excluding tert-OH is 2. The number of carbonyl (C=O) groups excluding carboxylic acids is 6. The van der Waals surface area contributed by atoms with Crippen LogP contribution < -0.4 is 5.32 Å². The van der Waals surface area contributed by atoms with E-state index in [0.717, 1.165) is 13.8 Å². The van der Waals surface area contributed by atoms with Crippen molar-refractivity contribution >= 4 is 43.8 Å². The first-order chi connectivity index (χ1) is 27.7. The van der Waals surface area contributed by atoms with Gasteiger partial charge in [0.15, 0.2) is 17.5 Å². The summed E-state index contributed by atoms with van der Waals surface area (Å²) in [5, 5.41) is 39.6. The summed E-state index contributed by atoms with van der Waals surface area (Å²) in [4.78, 5) is 82.3. The molecule has 5 rings (SSSR count). The van der Waals surface area contributed by atoms with Crippen molar-refractivity contribution < 1.29 is 72.5 Å². The zero-order valence-corrected chi connectivity index (χ0v) is 37.2. The first kappa shape index (κ1) is 46.6. The summed E-state index contributed by atoms with van der Waals surface area (Å²) < 4.78 is 35.4. The van der Waals surface area contributed by atoms with Crippen LogP contribution in [0.3, 0.4) is 0 Å². The number of allylic oxidation sites excluding steroid dienone is 2. The molecule has 0 spiro atoms. The molecule has 4 aliphatic rings. The highest BCUT2D eigenvalue weighted by Gasteiger charge is 2.78. The summed E-state index contributed by atoms with van der Waals surface area (Å²) in [6.45, 7) is 17.4. The van der Waals surface area contributed by atoms with E-state index in [-0.39, 0.29) is 30.4 Å². The Labute approximate surface area is 350 Å². The van der Waals surface area contributed by atoms with Crippen molar-refractivity contribution in [2.24, 2.45) is 22.7 Å². The van der Waals surface area contributed by atoms with E-state index < -0.39 is 126 Å². The van der Waals surface area contributed by atoms with Gasteiger partial charge in [-0.2, -0.15) is 0 Å². The molecule has 330 valence electrons. The number of nitrogens with one attached hydrogen (secondary N) is 1. The molecule has 0 aromatic heterocycles. The number of rotatable bonds is 11. The molecule has 1 aromatic rings. The molecule has 11 atom stereocenters. The molecule has 4 N–H and O–H groups in total. The minimum Gasteiger partial charge on any atom is -0.460 e. The van der Waals surface area contributed by atoms with Gasteiger partial charge in [-0.15, -0.1) is 0 Å². The molecule has 1 aliphatic heterocycles. The third kappa shape index (κ3) is 8.43. The van der Waals surface area contributed by atoms with E-state index in [0.29, 0.717) is 5.57 Å². The van der Waals surface area contributed by atoms with E-state index in [2.05, 4.69) is 5.32 Å². The Morgan fingerprint density at radius 1 is 1.00 bits per heavy atom. The quantitative estimate of drug-likeness (QED) is 0.108. The summed E-state index contributed by atoms with van der Waals surface area (Å²) in [6, 6.07) is 6.52. The second kappa shape index (κ2) is 16.8. The predicted octanol–water partition coefficient (Wildman–Crippen LogP) is 3.71. The highest BCUT2D eigenvalue weighted by atomic mass is 28.3. The monoisotopic (exact) mass is 857 g/mol. The Balaban J connectivity index is 1.71. The maximum Gasteiger partial charge on any atom is 0.407 e. The molecule has 17 heteroatoms. The van der Waals surface area contributed by atoms with Gasteiger partial charge in [-0.05, 0) is 38.5 Å². The molecule has 0 radical (unpaired) electrons. The lowest BCUT2D eigenvalue weighted by Gasteiger charge is -2.67. The zero-order valence-electron chi connectivity index (χ0n) is 36.2. The van der Waals surface area contributed by atoms with Gasteiger partial charge in [-0.25, -0.2) is 14.4 Å². The summed E-state index contributed by atoms with van der Waals surface area (Å²) in [6.07, 6.45) is -7.80. The molecule has 2 saturated carbocycles. The van der Waals surface area contributed by atoms with Crippen molar-refractivity contribution in [3.63, 3.8) is 0 Å². The predicted molar refractivity (Wildman–Crippen MR) is 215 cm³/mol. The lowest BCUT2D eigenvalue weighted by Crippen LogP contribution is -2.81. The smallest absolute Gasteiger partial charge is 0.407 e. The lowest BCUT2D eigenvalue weighted by atomic mass is 9.45. The number of alkyl carbamates (subject to hydrolysis) is 1.